The van der Waals surface area contributed by atoms with E-state index in [-0.39, 0.29) is 23.1 Å². The number of pyridine rings is 1. The molecule has 1 amide bonds. The molecule has 7 nitrogen and oxygen atoms in total. The van der Waals surface area contributed by atoms with E-state index in [0.717, 1.165) is 0 Å². The Balaban J connectivity index is 1.57. The first-order valence-corrected chi connectivity index (χ1v) is 9.14. The van der Waals surface area contributed by atoms with Gasteiger partial charge in [0.2, 0.25) is 0 Å². The fraction of sp³-hybridized carbons (Fsp3) is 0.350. The smallest absolute Gasteiger partial charge is 0.408 e. The maximum atomic E-state index is 12.5. The molecule has 1 aliphatic rings. The largest absolute Gasteiger partial charge is 0.573 e. The Bertz CT molecular complexity index is 945. The van der Waals surface area contributed by atoms with E-state index >= 15 is 0 Å². The fourth-order valence-electron chi connectivity index (χ4n) is 3.24. The van der Waals surface area contributed by atoms with Gasteiger partial charge in [-0.3, -0.25) is 9.88 Å². The molecule has 158 valence electrons. The Labute approximate surface area is 171 Å². The minimum Gasteiger partial charge on any atom is -0.408 e. The molecule has 2 heterocycles. The molecule has 30 heavy (non-hydrogen) atoms. The van der Waals surface area contributed by atoms with Crippen molar-refractivity contribution in [1.29, 1.82) is 5.26 Å². The molecule has 1 aliphatic heterocycles. The maximum Gasteiger partial charge on any atom is 0.573 e. The van der Waals surface area contributed by atoms with E-state index in [1.165, 1.54) is 36.7 Å². The van der Waals surface area contributed by atoms with Crippen LogP contribution in [0.25, 0.3) is 0 Å². The summed E-state index contributed by atoms with van der Waals surface area (Å²) in [4.78, 5) is 19.9. The van der Waals surface area contributed by atoms with E-state index in [1.807, 2.05) is 17.9 Å². The lowest BCUT2D eigenvalue weighted by Crippen LogP contribution is -2.54. The van der Waals surface area contributed by atoms with Crippen molar-refractivity contribution in [3.63, 3.8) is 0 Å². The number of alkyl halides is 3. The van der Waals surface area contributed by atoms with Crippen molar-refractivity contribution in [1.82, 2.24) is 14.8 Å². The van der Waals surface area contributed by atoms with Crippen LogP contribution >= 0.6 is 0 Å². The summed E-state index contributed by atoms with van der Waals surface area (Å²) in [5, 5.41) is 8.90. The topological polar surface area (TPSA) is 78.7 Å². The Morgan fingerprint density at radius 1 is 1.27 bits per heavy atom. The quantitative estimate of drug-likeness (QED) is 0.753. The van der Waals surface area contributed by atoms with Crippen molar-refractivity contribution in [3.05, 3.63) is 53.9 Å². The molecule has 0 bridgehead atoms. The standard InChI is InChI=1S/C20H19F3N4O3/c1-14-12-26(13-15-3-2-4-17(7-15)30-20(21,22)23)5-6-27(14)19(28)29-18-8-16(9-24)10-25-11-18/h2-4,7-8,10-11,14H,5-6,12-13H2,1H3. The second kappa shape index (κ2) is 9.00. The van der Waals surface area contributed by atoms with Crippen LogP contribution in [-0.2, 0) is 6.54 Å². The molecule has 10 heteroatoms. The van der Waals surface area contributed by atoms with Gasteiger partial charge in [0.05, 0.1) is 11.8 Å². The lowest BCUT2D eigenvalue weighted by Gasteiger charge is -2.39. The molecule has 0 spiro atoms. The van der Waals surface area contributed by atoms with Crippen LogP contribution in [-0.4, -0.2) is 52.9 Å². The maximum absolute atomic E-state index is 12.5. The normalized spacial score (nSPS) is 17.3. The number of nitriles is 1. The van der Waals surface area contributed by atoms with Gasteiger partial charge >= 0.3 is 12.5 Å². The van der Waals surface area contributed by atoms with Crippen molar-refractivity contribution < 1.29 is 27.4 Å². The number of hydrogen-bond donors (Lipinski definition) is 0. The van der Waals surface area contributed by atoms with Gasteiger partial charge in [-0.05, 0) is 24.6 Å². The minimum atomic E-state index is -4.73. The summed E-state index contributed by atoms with van der Waals surface area (Å²) < 4.78 is 46.5. The van der Waals surface area contributed by atoms with Crippen molar-refractivity contribution in [2.75, 3.05) is 19.6 Å². The highest BCUT2D eigenvalue weighted by Crippen LogP contribution is 2.24. The summed E-state index contributed by atoms with van der Waals surface area (Å²) in [5.74, 6) is -0.0707. The second-order valence-corrected chi connectivity index (χ2v) is 6.86. The van der Waals surface area contributed by atoms with Gasteiger partial charge in [-0.15, -0.1) is 13.2 Å². The first-order valence-electron chi connectivity index (χ1n) is 9.14. The molecule has 1 fully saturated rings. The lowest BCUT2D eigenvalue weighted by molar-refractivity contribution is -0.274. The molecule has 1 aromatic carbocycles. The van der Waals surface area contributed by atoms with E-state index in [2.05, 4.69) is 9.72 Å². The second-order valence-electron chi connectivity index (χ2n) is 6.86. The molecular formula is C20H19F3N4O3. The Morgan fingerprint density at radius 3 is 2.77 bits per heavy atom. The molecule has 0 radical (unpaired) electrons. The highest BCUT2D eigenvalue weighted by atomic mass is 19.4. The number of hydrogen-bond acceptors (Lipinski definition) is 6. The van der Waals surface area contributed by atoms with Crippen LogP contribution < -0.4 is 9.47 Å². The average molecular weight is 420 g/mol. The number of aromatic nitrogens is 1. The number of benzene rings is 1. The number of amides is 1. The van der Waals surface area contributed by atoms with E-state index in [4.69, 9.17) is 10.00 Å². The monoisotopic (exact) mass is 420 g/mol. The molecule has 1 saturated heterocycles. The number of ether oxygens (including phenoxy) is 2. The van der Waals surface area contributed by atoms with Crippen LogP contribution in [0.1, 0.15) is 18.1 Å². The number of piperazine rings is 1. The fourth-order valence-corrected chi connectivity index (χ4v) is 3.24. The molecule has 1 unspecified atom stereocenters. The molecule has 0 aliphatic carbocycles. The Hall–Kier alpha value is -3.32. The zero-order chi connectivity index (χ0) is 21.7. The first kappa shape index (κ1) is 21.4. The zero-order valence-electron chi connectivity index (χ0n) is 16.1. The van der Waals surface area contributed by atoms with Crippen LogP contribution in [0.15, 0.2) is 42.7 Å². The Morgan fingerprint density at radius 2 is 2.07 bits per heavy atom. The highest BCUT2D eigenvalue weighted by molar-refractivity contribution is 5.71. The van der Waals surface area contributed by atoms with Crippen LogP contribution in [0.2, 0.25) is 0 Å². The van der Waals surface area contributed by atoms with Gasteiger partial charge < -0.3 is 14.4 Å². The number of carbonyl (C=O) groups excluding carboxylic acids is 1. The Kier molecular flexibility index (Phi) is 6.42. The van der Waals surface area contributed by atoms with Crippen LogP contribution in [0.4, 0.5) is 18.0 Å². The third-order valence-electron chi connectivity index (χ3n) is 4.53. The van der Waals surface area contributed by atoms with Crippen molar-refractivity contribution in [2.45, 2.75) is 25.9 Å². The molecule has 3 rings (SSSR count). The van der Waals surface area contributed by atoms with Crippen molar-refractivity contribution >= 4 is 6.09 Å². The van der Waals surface area contributed by atoms with Gasteiger partial charge in [0, 0.05) is 44.5 Å². The summed E-state index contributed by atoms with van der Waals surface area (Å²) in [6.45, 7) is 3.73. The highest BCUT2D eigenvalue weighted by Gasteiger charge is 2.31. The zero-order valence-corrected chi connectivity index (χ0v) is 16.1. The molecule has 0 saturated carbocycles. The summed E-state index contributed by atoms with van der Waals surface area (Å²) >= 11 is 0. The van der Waals surface area contributed by atoms with Gasteiger partial charge in [-0.25, -0.2) is 4.79 Å². The third kappa shape index (κ3) is 5.84. The van der Waals surface area contributed by atoms with Gasteiger partial charge in [-0.2, -0.15) is 5.26 Å². The van der Waals surface area contributed by atoms with E-state index < -0.39 is 12.5 Å². The predicted molar refractivity (Wildman–Crippen MR) is 99.5 cm³/mol. The van der Waals surface area contributed by atoms with E-state index in [0.29, 0.717) is 31.7 Å². The number of rotatable bonds is 4. The predicted octanol–water partition coefficient (Wildman–Crippen LogP) is 3.56. The minimum absolute atomic E-state index is 0.173. The van der Waals surface area contributed by atoms with Gasteiger partial charge in [-0.1, -0.05) is 12.1 Å². The van der Waals surface area contributed by atoms with E-state index in [9.17, 15) is 18.0 Å². The van der Waals surface area contributed by atoms with Crippen LogP contribution in [0, 0.1) is 11.3 Å². The summed E-state index contributed by atoms with van der Waals surface area (Å²) in [6, 6.07) is 9.03. The van der Waals surface area contributed by atoms with Crippen molar-refractivity contribution in [3.8, 4) is 17.6 Å². The average Bonchev–Trinajstić information content (AvgIpc) is 2.67. The van der Waals surface area contributed by atoms with Gasteiger partial charge in [0.15, 0.2) is 5.75 Å². The molecule has 0 N–H and O–H groups in total. The number of nitrogens with zero attached hydrogens (tertiary/aromatic N) is 4. The summed E-state index contributed by atoms with van der Waals surface area (Å²) in [6.07, 6.45) is -2.55. The lowest BCUT2D eigenvalue weighted by atomic mass is 10.1. The van der Waals surface area contributed by atoms with Crippen molar-refractivity contribution in [2.24, 2.45) is 0 Å². The molecule has 2 aromatic rings. The number of halogens is 3. The van der Waals surface area contributed by atoms with Crippen LogP contribution in [0.5, 0.6) is 11.5 Å². The first-order chi connectivity index (χ1) is 14.2. The molecule has 1 atom stereocenters. The third-order valence-corrected chi connectivity index (χ3v) is 4.53. The summed E-state index contributed by atoms with van der Waals surface area (Å²) in [7, 11) is 0. The van der Waals surface area contributed by atoms with Crippen LogP contribution in [0.3, 0.4) is 0 Å². The number of carbonyl (C=O) groups is 1. The van der Waals surface area contributed by atoms with Gasteiger partial charge in [0.1, 0.15) is 11.8 Å². The molecular weight excluding hydrogens is 401 g/mol. The van der Waals surface area contributed by atoms with E-state index in [1.54, 1.807) is 11.0 Å². The molecule has 1 aromatic heterocycles. The summed E-state index contributed by atoms with van der Waals surface area (Å²) in [5.41, 5.74) is 0.967. The van der Waals surface area contributed by atoms with Gasteiger partial charge in [0.25, 0.3) is 0 Å². The SMILES string of the molecule is CC1CN(Cc2cccc(OC(F)(F)F)c2)CCN1C(=O)Oc1cncc(C#N)c1.